The third-order valence-electron chi connectivity index (χ3n) is 1.75. The second kappa shape index (κ2) is 5.47. The number of benzene rings is 1. The molecule has 0 saturated heterocycles. The molecule has 0 radical (unpaired) electrons. The smallest absolute Gasteiger partial charge is 0.320 e. The van der Waals surface area contributed by atoms with Crippen LogP contribution in [0, 0.1) is 0 Å². The highest BCUT2D eigenvalue weighted by Crippen LogP contribution is 2.07. The number of anilines is 1. The standard InChI is InChI=1S/C9H12N2O2.ClH/c10-7-3-1-6(2-4-7)5-8(11)9(12)13;/h1-4,8H,5,10-11H2,(H,12,13);1H/t8-;/m1./s1. The van der Waals surface area contributed by atoms with Crippen LogP contribution in [0.15, 0.2) is 24.3 Å². The number of nitrogens with two attached hydrogens (primary N) is 2. The van der Waals surface area contributed by atoms with E-state index < -0.39 is 12.0 Å². The first-order chi connectivity index (χ1) is 6.09. The van der Waals surface area contributed by atoms with Crippen LogP contribution in [0.4, 0.5) is 5.69 Å². The Balaban J connectivity index is 0.00000169. The van der Waals surface area contributed by atoms with Gasteiger partial charge in [0.25, 0.3) is 0 Å². The maximum atomic E-state index is 10.4. The normalized spacial score (nSPS) is 11.5. The lowest BCUT2D eigenvalue weighted by Crippen LogP contribution is -2.32. The molecule has 0 aliphatic heterocycles. The molecule has 5 N–H and O–H groups in total. The minimum absolute atomic E-state index is 0. The summed E-state index contributed by atoms with van der Waals surface area (Å²) in [5.41, 5.74) is 12.4. The van der Waals surface area contributed by atoms with Crippen LogP contribution in [0.25, 0.3) is 0 Å². The number of carbonyl (C=O) groups is 1. The summed E-state index contributed by atoms with van der Waals surface area (Å²) in [4.78, 5) is 10.4. The van der Waals surface area contributed by atoms with Crippen molar-refractivity contribution in [2.24, 2.45) is 5.73 Å². The molecule has 1 aromatic rings. The fourth-order valence-corrected chi connectivity index (χ4v) is 0.995. The van der Waals surface area contributed by atoms with Crippen LogP contribution in [0.1, 0.15) is 5.56 Å². The van der Waals surface area contributed by atoms with Crippen molar-refractivity contribution in [2.45, 2.75) is 12.5 Å². The topological polar surface area (TPSA) is 89.3 Å². The maximum Gasteiger partial charge on any atom is 0.320 e. The summed E-state index contributed by atoms with van der Waals surface area (Å²) in [7, 11) is 0. The van der Waals surface area contributed by atoms with Gasteiger partial charge in [0.05, 0.1) is 0 Å². The Hall–Kier alpha value is -1.26. The van der Waals surface area contributed by atoms with Gasteiger partial charge in [-0.3, -0.25) is 4.79 Å². The largest absolute Gasteiger partial charge is 0.480 e. The Morgan fingerprint density at radius 3 is 2.29 bits per heavy atom. The van der Waals surface area contributed by atoms with Crippen LogP contribution >= 0.6 is 12.4 Å². The molecule has 4 nitrogen and oxygen atoms in total. The van der Waals surface area contributed by atoms with E-state index >= 15 is 0 Å². The van der Waals surface area contributed by atoms with Crippen LogP contribution < -0.4 is 11.5 Å². The zero-order valence-electron chi connectivity index (χ0n) is 7.51. The van der Waals surface area contributed by atoms with Crippen molar-refractivity contribution in [1.29, 1.82) is 0 Å². The summed E-state index contributed by atoms with van der Waals surface area (Å²) in [6.45, 7) is 0. The maximum absolute atomic E-state index is 10.4. The lowest BCUT2D eigenvalue weighted by atomic mass is 10.1. The van der Waals surface area contributed by atoms with E-state index in [0.29, 0.717) is 12.1 Å². The first kappa shape index (κ1) is 12.7. The summed E-state index contributed by atoms with van der Waals surface area (Å²) < 4.78 is 0. The second-order valence-electron chi connectivity index (χ2n) is 2.89. The van der Waals surface area contributed by atoms with Crippen LogP contribution in [0.3, 0.4) is 0 Å². The van der Waals surface area contributed by atoms with Crippen molar-refractivity contribution >= 4 is 24.1 Å². The van der Waals surface area contributed by atoms with Gasteiger partial charge in [-0.25, -0.2) is 0 Å². The van der Waals surface area contributed by atoms with Gasteiger partial charge in [-0.2, -0.15) is 0 Å². The van der Waals surface area contributed by atoms with Gasteiger partial charge < -0.3 is 16.6 Å². The number of aliphatic carboxylic acids is 1. The molecule has 5 heteroatoms. The lowest BCUT2D eigenvalue weighted by molar-refractivity contribution is -0.138. The fraction of sp³-hybridized carbons (Fsp3) is 0.222. The molecule has 0 aromatic heterocycles. The number of hydrogen-bond donors (Lipinski definition) is 3. The highest BCUT2D eigenvalue weighted by atomic mass is 35.5. The molecule has 0 spiro atoms. The van der Waals surface area contributed by atoms with Crippen molar-refractivity contribution < 1.29 is 9.90 Å². The van der Waals surface area contributed by atoms with E-state index in [1.807, 2.05) is 0 Å². The van der Waals surface area contributed by atoms with E-state index in [0.717, 1.165) is 5.56 Å². The van der Waals surface area contributed by atoms with E-state index in [1.165, 1.54) is 0 Å². The summed E-state index contributed by atoms with van der Waals surface area (Å²) in [6, 6.07) is 6.16. The molecule has 0 fully saturated rings. The van der Waals surface area contributed by atoms with E-state index in [1.54, 1.807) is 24.3 Å². The summed E-state index contributed by atoms with van der Waals surface area (Å²) >= 11 is 0. The number of hydrogen-bond acceptors (Lipinski definition) is 3. The van der Waals surface area contributed by atoms with Crippen LogP contribution in [-0.2, 0) is 11.2 Å². The molecule has 1 aromatic carbocycles. The average molecular weight is 217 g/mol. The molecule has 0 unspecified atom stereocenters. The van der Waals surface area contributed by atoms with E-state index in [9.17, 15) is 4.79 Å². The van der Waals surface area contributed by atoms with Gasteiger partial charge in [-0.05, 0) is 24.1 Å². The van der Waals surface area contributed by atoms with Gasteiger partial charge in [0, 0.05) is 5.69 Å². The van der Waals surface area contributed by atoms with E-state index in [4.69, 9.17) is 16.6 Å². The van der Waals surface area contributed by atoms with Crippen molar-refractivity contribution in [1.82, 2.24) is 0 Å². The summed E-state index contributed by atoms with van der Waals surface area (Å²) in [6.07, 6.45) is 0.329. The van der Waals surface area contributed by atoms with Gasteiger partial charge in [0.1, 0.15) is 6.04 Å². The molecule has 14 heavy (non-hydrogen) atoms. The van der Waals surface area contributed by atoms with Crippen molar-refractivity contribution in [2.75, 3.05) is 5.73 Å². The molecule has 0 amide bonds. The molecular weight excluding hydrogens is 204 g/mol. The van der Waals surface area contributed by atoms with Crippen LogP contribution in [0.5, 0.6) is 0 Å². The predicted molar refractivity (Wildman–Crippen MR) is 57.4 cm³/mol. The molecule has 1 atom stereocenters. The third kappa shape index (κ3) is 3.64. The van der Waals surface area contributed by atoms with E-state index in [2.05, 4.69) is 0 Å². The Morgan fingerprint density at radius 1 is 1.36 bits per heavy atom. The molecule has 0 aliphatic rings. The lowest BCUT2D eigenvalue weighted by Gasteiger charge is -2.05. The molecule has 0 aliphatic carbocycles. The highest BCUT2D eigenvalue weighted by molar-refractivity contribution is 5.85. The fourth-order valence-electron chi connectivity index (χ4n) is 0.995. The highest BCUT2D eigenvalue weighted by Gasteiger charge is 2.11. The zero-order chi connectivity index (χ0) is 9.84. The number of carboxylic acid groups (broad SMARTS) is 1. The number of carboxylic acids is 1. The molecular formula is C9H13ClN2O2. The zero-order valence-corrected chi connectivity index (χ0v) is 8.33. The molecule has 0 heterocycles. The van der Waals surface area contributed by atoms with Crippen LogP contribution in [0.2, 0.25) is 0 Å². The van der Waals surface area contributed by atoms with Gasteiger partial charge in [-0.15, -0.1) is 12.4 Å². The van der Waals surface area contributed by atoms with Crippen molar-refractivity contribution in [3.63, 3.8) is 0 Å². The van der Waals surface area contributed by atoms with E-state index in [-0.39, 0.29) is 12.4 Å². The Morgan fingerprint density at radius 2 is 1.86 bits per heavy atom. The Labute approximate surface area is 88.3 Å². The Bertz CT molecular complexity index is 300. The van der Waals surface area contributed by atoms with Gasteiger partial charge >= 0.3 is 5.97 Å². The minimum atomic E-state index is -0.989. The second-order valence-corrected chi connectivity index (χ2v) is 2.89. The molecule has 0 bridgehead atoms. The molecule has 78 valence electrons. The van der Waals surface area contributed by atoms with Crippen LogP contribution in [-0.4, -0.2) is 17.1 Å². The Kier molecular flexibility index (Phi) is 4.97. The first-order valence-corrected chi connectivity index (χ1v) is 3.92. The summed E-state index contributed by atoms with van der Waals surface area (Å²) in [5.74, 6) is -0.989. The predicted octanol–water partition coefficient (Wildman–Crippen LogP) is 0.645. The number of halogens is 1. The van der Waals surface area contributed by atoms with Gasteiger partial charge in [0.15, 0.2) is 0 Å². The van der Waals surface area contributed by atoms with Gasteiger partial charge in [-0.1, -0.05) is 12.1 Å². The first-order valence-electron chi connectivity index (χ1n) is 3.92. The van der Waals surface area contributed by atoms with Crippen molar-refractivity contribution in [3.8, 4) is 0 Å². The molecule has 0 saturated carbocycles. The summed E-state index contributed by atoms with van der Waals surface area (Å²) in [5, 5.41) is 8.55. The molecule has 1 rings (SSSR count). The SMILES string of the molecule is Cl.Nc1ccc(C[C@@H](N)C(=O)O)cc1. The quantitative estimate of drug-likeness (QED) is 0.647. The van der Waals surface area contributed by atoms with Gasteiger partial charge in [0.2, 0.25) is 0 Å². The average Bonchev–Trinajstić information content (AvgIpc) is 2.08. The monoisotopic (exact) mass is 216 g/mol. The number of nitrogen functional groups attached to an aromatic ring is 1. The number of rotatable bonds is 3. The minimum Gasteiger partial charge on any atom is -0.480 e. The third-order valence-corrected chi connectivity index (χ3v) is 1.75. The van der Waals surface area contributed by atoms with Crippen molar-refractivity contribution in [3.05, 3.63) is 29.8 Å².